The van der Waals surface area contributed by atoms with E-state index >= 15 is 0 Å². The van der Waals surface area contributed by atoms with Crippen molar-refractivity contribution in [3.8, 4) is 11.6 Å². The lowest BCUT2D eigenvalue weighted by molar-refractivity contribution is -0.164. The number of nitrogens with two attached hydrogens (primary N) is 1. The Hall–Kier alpha value is -3.99. The Morgan fingerprint density at radius 3 is 2.21 bits per heavy atom. The third-order valence-electron chi connectivity index (χ3n) is 5.01. The molecule has 11 nitrogen and oxygen atoms in total. The highest BCUT2D eigenvalue weighted by atomic mass is 16.6. The topological polar surface area (TPSA) is 150 Å². The van der Waals surface area contributed by atoms with Crippen LogP contribution in [0.4, 0.5) is 5.69 Å². The summed E-state index contributed by atoms with van der Waals surface area (Å²) in [6, 6.07) is 9.19. The van der Waals surface area contributed by atoms with Gasteiger partial charge in [0.1, 0.15) is 5.75 Å². The molecule has 2 amide bonds. The van der Waals surface area contributed by atoms with Crippen LogP contribution >= 0.6 is 0 Å². The standard InChI is InChI=1S/C22H24N4O7/c1-3-31-20(29)22(21(30)32-4-2)12-11-18(27)26(22)15-7-10-17(24-13-15)33-16-8-5-14(6-9-16)19(28)25-23/h5-10,13H,3-4,11-12,23H2,1-2H3,(H,25,28). The second kappa shape index (κ2) is 10.1. The van der Waals surface area contributed by atoms with Crippen LogP contribution in [0, 0.1) is 0 Å². The summed E-state index contributed by atoms with van der Waals surface area (Å²) in [5, 5.41) is 0. The Balaban J connectivity index is 1.86. The maximum absolute atomic E-state index is 12.8. The van der Waals surface area contributed by atoms with Crippen LogP contribution in [-0.2, 0) is 23.9 Å². The van der Waals surface area contributed by atoms with Gasteiger partial charge < -0.3 is 14.2 Å². The van der Waals surface area contributed by atoms with E-state index in [0.29, 0.717) is 11.3 Å². The third-order valence-corrected chi connectivity index (χ3v) is 5.01. The number of benzene rings is 1. The summed E-state index contributed by atoms with van der Waals surface area (Å²) in [6.07, 6.45) is 1.23. The molecule has 2 aromatic rings. The molecule has 0 bridgehead atoms. The first-order valence-corrected chi connectivity index (χ1v) is 10.3. The Labute approximate surface area is 189 Å². The van der Waals surface area contributed by atoms with Crippen LogP contribution in [0.15, 0.2) is 42.6 Å². The number of ether oxygens (including phenoxy) is 3. The van der Waals surface area contributed by atoms with E-state index in [-0.39, 0.29) is 37.6 Å². The minimum atomic E-state index is -1.91. The van der Waals surface area contributed by atoms with Crippen LogP contribution in [0.1, 0.15) is 37.0 Å². The summed E-state index contributed by atoms with van der Waals surface area (Å²) < 4.78 is 15.9. The summed E-state index contributed by atoms with van der Waals surface area (Å²) in [5.74, 6) is 3.14. The molecule has 1 aromatic heterocycles. The summed E-state index contributed by atoms with van der Waals surface area (Å²) in [7, 11) is 0. The summed E-state index contributed by atoms with van der Waals surface area (Å²) in [6.45, 7) is 3.30. The van der Waals surface area contributed by atoms with Gasteiger partial charge in [-0.1, -0.05) is 0 Å². The van der Waals surface area contributed by atoms with Gasteiger partial charge in [-0.05, 0) is 44.2 Å². The van der Waals surface area contributed by atoms with E-state index in [0.717, 1.165) is 4.90 Å². The van der Waals surface area contributed by atoms with Crippen molar-refractivity contribution in [1.82, 2.24) is 10.4 Å². The van der Waals surface area contributed by atoms with E-state index < -0.39 is 29.3 Å². The molecule has 33 heavy (non-hydrogen) atoms. The predicted molar refractivity (Wildman–Crippen MR) is 115 cm³/mol. The van der Waals surface area contributed by atoms with Crippen LogP contribution in [0.5, 0.6) is 11.6 Å². The summed E-state index contributed by atoms with van der Waals surface area (Å²) in [5.41, 5.74) is 0.704. The monoisotopic (exact) mass is 456 g/mol. The molecule has 3 rings (SSSR count). The number of hydrogen-bond acceptors (Lipinski definition) is 9. The number of hydrazine groups is 1. The SMILES string of the molecule is CCOC(=O)C1(C(=O)OCC)CCC(=O)N1c1ccc(Oc2ccc(C(=O)NN)cc2)nc1. The molecule has 0 unspecified atom stereocenters. The Morgan fingerprint density at radius 2 is 1.70 bits per heavy atom. The average molecular weight is 456 g/mol. The maximum Gasteiger partial charge on any atom is 0.344 e. The molecule has 11 heteroatoms. The molecule has 1 aliphatic heterocycles. The number of hydrogen-bond donors (Lipinski definition) is 2. The number of pyridine rings is 1. The number of rotatable bonds is 8. The fraction of sp³-hybridized carbons (Fsp3) is 0.318. The lowest BCUT2D eigenvalue weighted by Gasteiger charge is -2.33. The molecular weight excluding hydrogens is 432 g/mol. The predicted octanol–water partition coefficient (Wildman–Crippen LogP) is 1.47. The highest BCUT2D eigenvalue weighted by Crippen LogP contribution is 2.38. The zero-order chi connectivity index (χ0) is 24.0. The Morgan fingerprint density at radius 1 is 1.06 bits per heavy atom. The lowest BCUT2D eigenvalue weighted by atomic mass is 9.95. The molecule has 0 saturated carbocycles. The number of anilines is 1. The number of nitrogens with one attached hydrogen (secondary N) is 1. The van der Waals surface area contributed by atoms with Gasteiger partial charge in [0.15, 0.2) is 0 Å². The number of aromatic nitrogens is 1. The second-order valence-corrected chi connectivity index (χ2v) is 6.98. The summed E-state index contributed by atoms with van der Waals surface area (Å²) >= 11 is 0. The first-order valence-electron chi connectivity index (χ1n) is 10.3. The lowest BCUT2D eigenvalue weighted by Crippen LogP contribution is -2.59. The van der Waals surface area contributed by atoms with Crippen molar-refractivity contribution >= 4 is 29.4 Å². The van der Waals surface area contributed by atoms with Gasteiger partial charge in [0.2, 0.25) is 17.3 Å². The van der Waals surface area contributed by atoms with Crippen molar-refractivity contribution in [3.63, 3.8) is 0 Å². The Bertz CT molecular complexity index is 1020. The molecule has 0 radical (unpaired) electrons. The number of nitrogens with zero attached hydrogens (tertiary/aromatic N) is 2. The molecule has 1 aromatic carbocycles. The van der Waals surface area contributed by atoms with Crippen LogP contribution in [0.2, 0.25) is 0 Å². The first kappa shape index (κ1) is 23.7. The minimum absolute atomic E-state index is 0.0292. The molecule has 1 fully saturated rings. The largest absolute Gasteiger partial charge is 0.464 e. The molecule has 0 spiro atoms. The van der Waals surface area contributed by atoms with Gasteiger partial charge in [-0.2, -0.15) is 0 Å². The third kappa shape index (κ3) is 4.62. The molecule has 2 heterocycles. The van der Waals surface area contributed by atoms with E-state index in [1.807, 2.05) is 5.43 Å². The molecule has 0 aliphatic carbocycles. The van der Waals surface area contributed by atoms with Gasteiger partial charge in [0, 0.05) is 24.5 Å². The van der Waals surface area contributed by atoms with E-state index in [1.54, 1.807) is 26.0 Å². The smallest absolute Gasteiger partial charge is 0.344 e. The number of carbonyl (C=O) groups is 4. The number of amides is 2. The van der Waals surface area contributed by atoms with Crippen LogP contribution < -0.4 is 20.9 Å². The number of esters is 2. The minimum Gasteiger partial charge on any atom is -0.464 e. The highest BCUT2D eigenvalue weighted by molar-refractivity contribution is 6.18. The van der Waals surface area contributed by atoms with E-state index in [1.165, 1.54) is 30.5 Å². The molecule has 174 valence electrons. The van der Waals surface area contributed by atoms with Crippen LogP contribution in [-0.4, -0.2) is 47.5 Å². The molecular formula is C22H24N4O7. The van der Waals surface area contributed by atoms with Crippen molar-refractivity contribution in [3.05, 3.63) is 48.2 Å². The molecule has 3 N–H and O–H groups in total. The number of nitrogen functional groups attached to an aromatic ring is 1. The van der Waals surface area contributed by atoms with E-state index in [9.17, 15) is 19.2 Å². The maximum atomic E-state index is 12.8. The van der Waals surface area contributed by atoms with E-state index in [2.05, 4.69) is 4.98 Å². The van der Waals surface area contributed by atoms with Crippen molar-refractivity contribution < 1.29 is 33.4 Å². The van der Waals surface area contributed by atoms with Crippen molar-refractivity contribution in [2.75, 3.05) is 18.1 Å². The van der Waals surface area contributed by atoms with Gasteiger partial charge in [0.25, 0.3) is 5.91 Å². The normalized spacial score (nSPS) is 14.5. The van der Waals surface area contributed by atoms with Gasteiger partial charge in [0.05, 0.1) is 25.1 Å². The zero-order valence-corrected chi connectivity index (χ0v) is 18.2. The molecule has 0 atom stereocenters. The van der Waals surface area contributed by atoms with Crippen molar-refractivity contribution in [2.24, 2.45) is 5.84 Å². The fourth-order valence-electron chi connectivity index (χ4n) is 3.50. The quantitative estimate of drug-likeness (QED) is 0.198. The van der Waals surface area contributed by atoms with E-state index in [4.69, 9.17) is 20.1 Å². The van der Waals surface area contributed by atoms with Crippen LogP contribution in [0.25, 0.3) is 0 Å². The van der Waals surface area contributed by atoms with Gasteiger partial charge >= 0.3 is 11.9 Å². The van der Waals surface area contributed by atoms with Gasteiger partial charge in [-0.15, -0.1) is 0 Å². The number of carbonyl (C=O) groups excluding carboxylic acids is 4. The second-order valence-electron chi connectivity index (χ2n) is 6.98. The fourth-order valence-corrected chi connectivity index (χ4v) is 3.50. The zero-order valence-electron chi connectivity index (χ0n) is 18.2. The van der Waals surface area contributed by atoms with Crippen molar-refractivity contribution in [2.45, 2.75) is 32.2 Å². The van der Waals surface area contributed by atoms with Gasteiger partial charge in [-0.25, -0.2) is 20.4 Å². The highest BCUT2D eigenvalue weighted by Gasteiger charge is 2.60. The summed E-state index contributed by atoms with van der Waals surface area (Å²) in [4.78, 5) is 55.1. The molecule has 1 aliphatic rings. The van der Waals surface area contributed by atoms with Gasteiger partial charge in [-0.3, -0.25) is 19.9 Å². The average Bonchev–Trinajstić information content (AvgIpc) is 3.18. The van der Waals surface area contributed by atoms with Crippen molar-refractivity contribution in [1.29, 1.82) is 0 Å². The van der Waals surface area contributed by atoms with Crippen LogP contribution in [0.3, 0.4) is 0 Å². The Kier molecular flexibility index (Phi) is 7.23. The first-order chi connectivity index (χ1) is 15.9. The molecule has 1 saturated heterocycles.